The molecule has 3 nitrogen and oxygen atoms in total. The largest absolute Gasteiger partial charge is 0.333 e. The summed E-state index contributed by atoms with van der Waals surface area (Å²) >= 11 is 0. The molecule has 0 aliphatic heterocycles. The van der Waals surface area contributed by atoms with Crippen LogP contribution in [0.25, 0.3) is 16.7 Å². The number of imidazole rings is 1. The van der Waals surface area contributed by atoms with Gasteiger partial charge in [-0.25, -0.2) is 4.79 Å². The van der Waals surface area contributed by atoms with Gasteiger partial charge in [-0.1, -0.05) is 20.4 Å². The van der Waals surface area contributed by atoms with Gasteiger partial charge >= 0.3 is 5.69 Å². The monoisotopic (exact) mass is 272 g/mol. The molecule has 0 saturated carbocycles. The highest BCUT2D eigenvalue weighted by atomic mass is 16.1. The molecule has 0 saturated heterocycles. The molecule has 1 heterocycles. The van der Waals surface area contributed by atoms with Crippen molar-refractivity contribution in [2.75, 3.05) is 0 Å². The number of allylic oxidation sites excluding steroid dienone is 1. The lowest BCUT2D eigenvalue weighted by Crippen LogP contribution is -2.23. The average Bonchev–Trinajstić information content (AvgIpc) is 2.59. The number of hydrogen-bond donors (Lipinski definition) is 0. The van der Waals surface area contributed by atoms with E-state index in [-0.39, 0.29) is 5.69 Å². The molecule has 1 aromatic heterocycles. The topological polar surface area (TPSA) is 26.9 Å². The third-order valence-corrected chi connectivity index (χ3v) is 3.86. The lowest BCUT2D eigenvalue weighted by Gasteiger charge is -2.07. The zero-order valence-corrected chi connectivity index (χ0v) is 13.2. The fourth-order valence-corrected chi connectivity index (χ4v) is 2.48. The van der Waals surface area contributed by atoms with Gasteiger partial charge in [0.2, 0.25) is 0 Å². The molecule has 0 amide bonds. The molecule has 20 heavy (non-hydrogen) atoms. The van der Waals surface area contributed by atoms with Crippen molar-refractivity contribution in [3.8, 4) is 0 Å². The van der Waals surface area contributed by atoms with Crippen LogP contribution < -0.4 is 5.69 Å². The van der Waals surface area contributed by atoms with Crippen LogP contribution in [0.4, 0.5) is 0 Å². The van der Waals surface area contributed by atoms with Crippen LogP contribution in [0.1, 0.15) is 38.3 Å². The number of hydrogen-bond acceptors (Lipinski definition) is 1. The molecule has 0 fully saturated rings. The second-order valence-electron chi connectivity index (χ2n) is 6.11. The van der Waals surface area contributed by atoms with Crippen molar-refractivity contribution in [2.24, 2.45) is 5.92 Å². The van der Waals surface area contributed by atoms with Gasteiger partial charge < -0.3 is 0 Å². The molecule has 108 valence electrons. The van der Waals surface area contributed by atoms with E-state index in [1.165, 1.54) is 11.1 Å². The third kappa shape index (κ3) is 2.45. The van der Waals surface area contributed by atoms with Crippen LogP contribution in [0.3, 0.4) is 0 Å². The SMILES string of the molecule is C=C(C)n1c(=O)n(CCC(C)C)c2cc(C)c(C)cc21. The second-order valence-corrected chi connectivity index (χ2v) is 6.11. The highest BCUT2D eigenvalue weighted by Gasteiger charge is 2.14. The van der Waals surface area contributed by atoms with E-state index in [0.29, 0.717) is 5.92 Å². The Morgan fingerprint density at radius 1 is 1.20 bits per heavy atom. The first-order valence-corrected chi connectivity index (χ1v) is 7.21. The number of aromatic nitrogens is 2. The van der Waals surface area contributed by atoms with Gasteiger partial charge in [-0.15, -0.1) is 0 Å². The van der Waals surface area contributed by atoms with Gasteiger partial charge in [-0.3, -0.25) is 9.13 Å². The van der Waals surface area contributed by atoms with E-state index in [9.17, 15) is 4.79 Å². The molecular formula is C17H24N2O. The van der Waals surface area contributed by atoms with Gasteiger partial charge in [-0.2, -0.15) is 0 Å². The summed E-state index contributed by atoms with van der Waals surface area (Å²) in [6.45, 7) is 15.1. The number of aryl methyl sites for hydroxylation is 3. The van der Waals surface area contributed by atoms with Crippen molar-refractivity contribution in [3.05, 3.63) is 40.3 Å². The zero-order chi connectivity index (χ0) is 15.0. The molecule has 2 aromatic rings. The fraction of sp³-hybridized carbons (Fsp3) is 0.471. The minimum Gasteiger partial charge on any atom is -0.292 e. The van der Waals surface area contributed by atoms with Crippen molar-refractivity contribution in [1.29, 1.82) is 0 Å². The first kappa shape index (κ1) is 14.6. The lowest BCUT2D eigenvalue weighted by molar-refractivity contribution is 0.514. The van der Waals surface area contributed by atoms with Crippen molar-refractivity contribution < 1.29 is 0 Å². The van der Waals surface area contributed by atoms with E-state index in [0.717, 1.165) is 29.7 Å². The maximum Gasteiger partial charge on any atom is 0.333 e. The summed E-state index contributed by atoms with van der Waals surface area (Å²) < 4.78 is 3.61. The first-order chi connectivity index (χ1) is 9.32. The maximum absolute atomic E-state index is 12.6. The Balaban J connectivity index is 2.73. The van der Waals surface area contributed by atoms with E-state index in [4.69, 9.17) is 0 Å². The Morgan fingerprint density at radius 3 is 2.25 bits per heavy atom. The first-order valence-electron chi connectivity index (χ1n) is 7.21. The van der Waals surface area contributed by atoms with E-state index in [2.05, 4.69) is 46.4 Å². The zero-order valence-electron chi connectivity index (χ0n) is 13.2. The molecule has 0 atom stereocenters. The summed E-state index contributed by atoms with van der Waals surface area (Å²) in [5.41, 5.74) is 5.20. The number of rotatable bonds is 4. The average molecular weight is 272 g/mol. The number of nitrogens with zero attached hydrogens (tertiary/aromatic N) is 2. The molecule has 0 spiro atoms. The number of benzene rings is 1. The van der Waals surface area contributed by atoms with Gasteiger partial charge in [0.15, 0.2) is 0 Å². The van der Waals surface area contributed by atoms with Crippen LogP contribution in [0.5, 0.6) is 0 Å². The molecule has 0 N–H and O–H groups in total. The highest BCUT2D eigenvalue weighted by molar-refractivity contribution is 5.81. The molecule has 3 heteroatoms. The van der Waals surface area contributed by atoms with Crippen molar-refractivity contribution in [1.82, 2.24) is 9.13 Å². The molecule has 0 aliphatic rings. The summed E-state index contributed by atoms with van der Waals surface area (Å²) in [6.07, 6.45) is 1.00. The van der Waals surface area contributed by atoms with Gasteiger partial charge in [0.1, 0.15) is 0 Å². The lowest BCUT2D eigenvalue weighted by atomic mass is 10.1. The predicted octanol–water partition coefficient (Wildman–Crippen LogP) is 3.96. The minimum absolute atomic E-state index is 0.0261. The summed E-state index contributed by atoms with van der Waals surface area (Å²) in [7, 11) is 0. The Hall–Kier alpha value is -1.77. The summed E-state index contributed by atoms with van der Waals surface area (Å²) in [5, 5.41) is 0. The van der Waals surface area contributed by atoms with Crippen molar-refractivity contribution in [2.45, 2.75) is 47.6 Å². The van der Waals surface area contributed by atoms with Gasteiger partial charge in [0.05, 0.1) is 11.0 Å². The molecule has 0 radical (unpaired) electrons. The molecular weight excluding hydrogens is 248 g/mol. The maximum atomic E-state index is 12.6. The van der Waals surface area contributed by atoms with E-state index < -0.39 is 0 Å². The quantitative estimate of drug-likeness (QED) is 0.827. The highest BCUT2D eigenvalue weighted by Crippen LogP contribution is 2.21. The van der Waals surface area contributed by atoms with Gasteiger partial charge in [-0.05, 0) is 56.4 Å². The van der Waals surface area contributed by atoms with E-state index in [1.807, 2.05) is 11.5 Å². The predicted molar refractivity (Wildman–Crippen MR) is 86.1 cm³/mol. The Kier molecular flexibility index (Phi) is 3.89. The molecule has 0 aliphatic carbocycles. The number of fused-ring (bicyclic) bond motifs is 1. The molecule has 0 bridgehead atoms. The van der Waals surface area contributed by atoms with Gasteiger partial charge in [0, 0.05) is 12.2 Å². The molecule has 2 rings (SSSR count). The summed E-state index contributed by atoms with van der Waals surface area (Å²) in [6, 6.07) is 4.21. The minimum atomic E-state index is 0.0261. The smallest absolute Gasteiger partial charge is 0.292 e. The molecule has 0 unspecified atom stereocenters. The van der Waals surface area contributed by atoms with E-state index >= 15 is 0 Å². The van der Waals surface area contributed by atoms with Crippen LogP contribution in [-0.2, 0) is 6.54 Å². The standard InChI is InChI=1S/C17H24N2O/c1-11(2)7-8-18-15-9-13(5)14(6)10-16(15)19(12(3)4)17(18)20/h9-11H,3,7-8H2,1-2,4-6H3. The Morgan fingerprint density at radius 2 is 1.75 bits per heavy atom. The van der Waals surface area contributed by atoms with Crippen LogP contribution >= 0.6 is 0 Å². The van der Waals surface area contributed by atoms with Crippen LogP contribution in [0, 0.1) is 19.8 Å². The van der Waals surface area contributed by atoms with E-state index in [1.54, 1.807) is 4.57 Å². The van der Waals surface area contributed by atoms with Crippen LogP contribution in [0.15, 0.2) is 23.5 Å². The van der Waals surface area contributed by atoms with Gasteiger partial charge in [0.25, 0.3) is 0 Å². The Labute approximate surface area is 120 Å². The summed E-state index contributed by atoms with van der Waals surface area (Å²) in [5.74, 6) is 0.580. The Bertz CT molecular complexity index is 717. The normalized spacial score (nSPS) is 11.5. The van der Waals surface area contributed by atoms with Crippen LogP contribution in [-0.4, -0.2) is 9.13 Å². The van der Waals surface area contributed by atoms with Crippen molar-refractivity contribution in [3.63, 3.8) is 0 Å². The fourth-order valence-electron chi connectivity index (χ4n) is 2.48. The third-order valence-electron chi connectivity index (χ3n) is 3.86. The second kappa shape index (κ2) is 5.31. The van der Waals surface area contributed by atoms with Crippen LogP contribution in [0.2, 0.25) is 0 Å². The van der Waals surface area contributed by atoms with Crippen molar-refractivity contribution >= 4 is 16.7 Å². The summed E-state index contributed by atoms with van der Waals surface area (Å²) in [4.78, 5) is 12.6. The molecule has 1 aromatic carbocycles.